The Labute approximate surface area is 247 Å². The van der Waals surface area contributed by atoms with E-state index in [4.69, 9.17) is 0 Å². The average Bonchev–Trinajstić information content (AvgIpc) is 3.23. The maximum atomic E-state index is 13.7. The quantitative estimate of drug-likeness (QED) is 0.266. The van der Waals surface area contributed by atoms with Crippen LogP contribution < -0.4 is 5.32 Å². The van der Waals surface area contributed by atoms with Crippen molar-refractivity contribution in [1.82, 2.24) is 5.32 Å². The number of ketones is 1. The highest BCUT2D eigenvalue weighted by atomic mass is 19.3. The van der Waals surface area contributed by atoms with Crippen LogP contribution in [0.4, 0.5) is 8.78 Å². The van der Waals surface area contributed by atoms with Crippen molar-refractivity contribution in [3.05, 3.63) is 23.8 Å². The summed E-state index contributed by atoms with van der Waals surface area (Å²) < 4.78 is 26.2. The molecule has 0 heterocycles. The zero-order valence-corrected chi connectivity index (χ0v) is 27.1. The van der Waals surface area contributed by atoms with E-state index in [-0.39, 0.29) is 57.2 Å². The highest BCUT2D eigenvalue weighted by molar-refractivity contribution is 6.04. The maximum Gasteiger partial charge on any atom is 0.255 e. The van der Waals surface area contributed by atoms with Crippen molar-refractivity contribution in [3.63, 3.8) is 0 Å². The van der Waals surface area contributed by atoms with Gasteiger partial charge in [-0.25, -0.2) is 8.78 Å². The number of carbonyl (C=O) groups excluding carboxylic acids is 2. The van der Waals surface area contributed by atoms with E-state index in [1.165, 1.54) is 0 Å². The lowest BCUT2D eigenvalue weighted by Gasteiger charge is -2.64. The minimum atomic E-state index is -2.58. The maximum absolute atomic E-state index is 13.7. The van der Waals surface area contributed by atoms with Crippen LogP contribution in [0.25, 0.3) is 0 Å². The first kappa shape index (κ1) is 33.5. The number of fused-ring (bicyclic) bond motifs is 1. The summed E-state index contributed by atoms with van der Waals surface area (Å²) in [4.78, 5) is 26.9. The largest absolute Gasteiger partial charge is 0.350 e. The molecule has 0 saturated heterocycles. The summed E-state index contributed by atoms with van der Waals surface area (Å²) in [5, 5.41) is 12.5. The minimum Gasteiger partial charge on any atom is -0.350 e. The van der Waals surface area contributed by atoms with Crippen LogP contribution in [-0.2, 0) is 9.59 Å². The van der Waals surface area contributed by atoms with E-state index >= 15 is 0 Å². The highest BCUT2D eigenvalue weighted by Crippen LogP contribution is 2.68. The summed E-state index contributed by atoms with van der Waals surface area (Å²) in [6.45, 7) is 23.2. The van der Waals surface area contributed by atoms with Crippen molar-refractivity contribution in [2.75, 3.05) is 6.54 Å². The van der Waals surface area contributed by atoms with Gasteiger partial charge in [0.25, 0.3) is 6.43 Å². The lowest BCUT2D eigenvalue weighted by Crippen LogP contribution is -2.59. The highest BCUT2D eigenvalue weighted by Gasteiger charge is 2.63. The van der Waals surface area contributed by atoms with Crippen molar-refractivity contribution in [2.24, 2.45) is 50.7 Å². The van der Waals surface area contributed by atoms with Crippen LogP contribution in [0, 0.1) is 62.1 Å². The van der Waals surface area contributed by atoms with Crippen LogP contribution >= 0.6 is 0 Å². The van der Waals surface area contributed by atoms with E-state index in [1.54, 1.807) is 0 Å². The molecular weight excluding hydrogens is 518 g/mol. The van der Waals surface area contributed by atoms with E-state index in [9.17, 15) is 23.6 Å². The number of nitrogens with zero attached hydrogens (tertiary/aromatic N) is 1. The third-order valence-electron chi connectivity index (χ3n) is 12.7. The van der Waals surface area contributed by atoms with Crippen LogP contribution in [0.15, 0.2) is 23.8 Å². The summed E-state index contributed by atoms with van der Waals surface area (Å²) in [6, 6.07) is 2.22. The molecule has 2 fully saturated rings. The van der Waals surface area contributed by atoms with Gasteiger partial charge in [0.1, 0.15) is 6.07 Å². The number of allylic oxidation sites excluding steroid dienone is 3. The molecule has 7 atom stereocenters. The molecule has 0 radical (unpaired) electrons. The monoisotopic (exact) mass is 572 g/mol. The molecule has 0 bridgehead atoms. The van der Waals surface area contributed by atoms with Gasteiger partial charge in [0.2, 0.25) is 5.91 Å². The molecule has 3 aliphatic carbocycles. The third kappa shape index (κ3) is 5.45. The smallest absolute Gasteiger partial charge is 0.255 e. The Bertz CT molecular complexity index is 1120. The van der Waals surface area contributed by atoms with Crippen molar-refractivity contribution < 1.29 is 18.4 Å². The number of hydrogen-bond acceptors (Lipinski definition) is 3. The van der Waals surface area contributed by atoms with E-state index in [0.29, 0.717) is 12.8 Å². The summed E-state index contributed by atoms with van der Waals surface area (Å²) >= 11 is 0. The topological polar surface area (TPSA) is 70.0 Å². The fraction of sp³-hybridized carbons (Fsp3) is 0.800. The molecule has 2 saturated carbocycles. The third-order valence-corrected chi connectivity index (χ3v) is 12.7. The van der Waals surface area contributed by atoms with Gasteiger partial charge in [-0.05, 0) is 91.8 Å². The van der Waals surface area contributed by atoms with Gasteiger partial charge in [-0.3, -0.25) is 9.59 Å². The molecule has 230 valence electrons. The molecule has 1 amide bonds. The molecule has 41 heavy (non-hydrogen) atoms. The van der Waals surface area contributed by atoms with Gasteiger partial charge < -0.3 is 5.32 Å². The molecule has 0 aromatic heterocycles. The summed E-state index contributed by atoms with van der Waals surface area (Å²) in [5.41, 5.74) is -0.563. The Kier molecular flexibility index (Phi) is 9.45. The van der Waals surface area contributed by atoms with E-state index in [2.05, 4.69) is 59.5 Å². The van der Waals surface area contributed by atoms with Crippen molar-refractivity contribution in [1.29, 1.82) is 5.26 Å². The second-order valence-electron chi connectivity index (χ2n) is 15.4. The van der Waals surface area contributed by atoms with E-state index in [1.807, 2.05) is 26.8 Å². The molecule has 3 rings (SSSR count). The van der Waals surface area contributed by atoms with Crippen molar-refractivity contribution in [3.8, 4) is 6.07 Å². The van der Waals surface area contributed by atoms with Gasteiger partial charge in [-0.1, -0.05) is 80.0 Å². The second kappa shape index (κ2) is 11.6. The fourth-order valence-corrected chi connectivity index (χ4v) is 9.79. The fourth-order valence-electron chi connectivity index (χ4n) is 9.79. The second-order valence-corrected chi connectivity index (χ2v) is 15.4. The predicted octanol–water partition coefficient (Wildman–Crippen LogP) is 8.68. The molecule has 3 aliphatic rings. The van der Waals surface area contributed by atoms with Gasteiger partial charge in [0.15, 0.2) is 5.78 Å². The Morgan fingerprint density at radius 1 is 1.22 bits per heavy atom. The molecule has 6 heteroatoms. The lowest BCUT2D eigenvalue weighted by molar-refractivity contribution is -0.154. The number of nitriles is 1. The number of amides is 1. The zero-order valence-electron chi connectivity index (χ0n) is 27.1. The van der Waals surface area contributed by atoms with Crippen LogP contribution in [0.2, 0.25) is 0 Å². The number of nitrogens with one attached hydrogen (secondary N) is 1. The minimum absolute atomic E-state index is 0.0206. The summed E-state index contributed by atoms with van der Waals surface area (Å²) in [5.74, 6) is 0.330. The molecule has 0 aliphatic heterocycles. The predicted molar refractivity (Wildman–Crippen MR) is 161 cm³/mol. The number of hydrogen-bond donors (Lipinski definition) is 1. The molecular formula is C35H54F2N2O2. The van der Waals surface area contributed by atoms with Gasteiger partial charge in [0.05, 0.1) is 17.5 Å². The zero-order chi connectivity index (χ0) is 31.2. The van der Waals surface area contributed by atoms with Gasteiger partial charge in [-0.15, -0.1) is 0 Å². The van der Waals surface area contributed by atoms with Gasteiger partial charge in [-0.2, -0.15) is 5.26 Å². The van der Waals surface area contributed by atoms with Gasteiger partial charge in [0, 0.05) is 5.41 Å². The molecule has 0 unspecified atom stereocenters. The summed E-state index contributed by atoms with van der Waals surface area (Å²) in [6.07, 6.45) is 6.23. The van der Waals surface area contributed by atoms with Crippen molar-refractivity contribution >= 4 is 11.7 Å². The van der Waals surface area contributed by atoms with Crippen LogP contribution in [-0.4, -0.2) is 24.7 Å². The van der Waals surface area contributed by atoms with Crippen LogP contribution in [0.1, 0.15) is 114 Å². The Morgan fingerprint density at radius 2 is 1.85 bits per heavy atom. The molecule has 1 N–H and O–H groups in total. The first-order chi connectivity index (χ1) is 18.9. The SMILES string of the molecule is C=C(C)[C@@H]1CC[C@@](CCC(C)(C)[C@]2(C)CC[C@H]3C(C)(C)C(=O)C(C#N)=C[C@]3(C)[C@H]2CCC)(C(=O)NCC(F)F)[C@H]1C. The molecule has 0 aromatic carbocycles. The van der Waals surface area contributed by atoms with Gasteiger partial charge >= 0.3 is 0 Å². The number of rotatable bonds is 10. The summed E-state index contributed by atoms with van der Waals surface area (Å²) in [7, 11) is 0. The first-order valence-corrected chi connectivity index (χ1v) is 15.7. The number of alkyl halides is 2. The molecule has 0 aromatic rings. The van der Waals surface area contributed by atoms with Crippen LogP contribution in [0.5, 0.6) is 0 Å². The standard InChI is InChI=1S/C35H54F2N2O2/c1-11-12-27-33(9)19-24(20-38)29(40)32(7,8)26(33)14-15-34(27,10)31(5,6)17-18-35(30(41)39-21-28(36)37)16-13-25(22(2)3)23(35)4/h19,23,25-28H,2,11-18,21H2,1,3-10H3,(H,39,41)/t23-,25-,26-,27+,33-,34+,35-/m0/s1. The Balaban J connectivity index is 2.01. The normalized spacial score (nSPS) is 36.9. The number of Topliss-reactive ketones (excluding diaryl/α,β-unsaturated/α-hetero) is 1. The first-order valence-electron chi connectivity index (χ1n) is 15.7. The van der Waals surface area contributed by atoms with Crippen molar-refractivity contribution in [2.45, 2.75) is 120 Å². The molecule has 4 nitrogen and oxygen atoms in total. The average molecular weight is 573 g/mol. The Morgan fingerprint density at radius 3 is 2.37 bits per heavy atom. The lowest BCUT2D eigenvalue weighted by atomic mass is 9.39. The Hall–Kier alpha value is -2.03. The number of halogens is 2. The van der Waals surface area contributed by atoms with E-state index in [0.717, 1.165) is 44.1 Å². The van der Waals surface area contributed by atoms with Crippen LogP contribution in [0.3, 0.4) is 0 Å². The molecule has 0 spiro atoms. The number of carbonyl (C=O) groups is 2. The van der Waals surface area contributed by atoms with E-state index < -0.39 is 23.8 Å².